The van der Waals surface area contributed by atoms with Gasteiger partial charge in [0.25, 0.3) is 0 Å². The summed E-state index contributed by atoms with van der Waals surface area (Å²) in [5.41, 5.74) is 3.24. The molecule has 0 aliphatic rings. The lowest BCUT2D eigenvalue weighted by atomic mass is 9.76. The van der Waals surface area contributed by atoms with Gasteiger partial charge in [-0.05, 0) is 55.4 Å². The maximum absolute atomic E-state index is 10.4. The summed E-state index contributed by atoms with van der Waals surface area (Å²) in [6.07, 6.45) is 0. The molecule has 144 valence electrons. The summed E-state index contributed by atoms with van der Waals surface area (Å²) in [6.45, 7) is 6.86. The van der Waals surface area contributed by atoms with Crippen molar-refractivity contribution in [2.45, 2.75) is 38.9 Å². The largest absolute Gasteiger partial charge is 0.491 e. The van der Waals surface area contributed by atoms with Crippen LogP contribution in [-0.4, -0.2) is 28.5 Å². The average Bonchev–Trinajstić information content (AvgIpc) is 2.68. The van der Waals surface area contributed by atoms with Crippen LogP contribution in [0.1, 0.15) is 27.7 Å². The Morgan fingerprint density at radius 3 is 1.46 bits per heavy atom. The third-order valence-corrected chi connectivity index (χ3v) is 5.40. The number of aliphatic hydroxyl groups is 1. The maximum atomic E-state index is 10.4. The Labute approximate surface area is 167 Å². The first-order valence-electron chi connectivity index (χ1n) is 9.51. The molecule has 0 radical (unpaired) electrons. The van der Waals surface area contributed by atoms with E-state index in [0.29, 0.717) is 5.46 Å². The molecule has 0 aromatic heterocycles. The number of hydrogen-bond donors (Lipinski definition) is 2. The molecule has 0 amide bonds. The Morgan fingerprint density at radius 2 is 1.04 bits per heavy atom. The summed E-state index contributed by atoms with van der Waals surface area (Å²) in [6, 6.07) is 26.3. The quantitative estimate of drug-likeness (QED) is 0.634. The van der Waals surface area contributed by atoms with E-state index in [-0.39, 0.29) is 0 Å². The van der Waals surface area contributed by atoms with E-state index in [0.717, 1.165) is 11.1 Å². The molecule has 3 nitrogen and oxygen atoms in total. The molecule has 3 aromatic carbocycles. The van der Waals surface area contributed by atoms with E-state index >= 15 is 0 Å². The van der Waals surface area contributed by atoms with Crippen LogP contribution < -0.4 is 5.46 Å². The van der Waals surface area contributed by atoms with Crippen molar-refractivity contribution in [1.82, 2.24) is 0 Å². The Hall–Kier alpha value is -2.40. The number of rotatable bonds is 6. The van der Waals surface area contributed by atoms with Crippen LogP contribution in [0.15, 0.2) is 78.9 Å². The Kier molecular flexibility index (Phi) is 5.75. The van der Waals surface area contributed by atoms with Gasteiger partial charge in [-0.3, -0.25) is 0 Å². The molecule has 0 heterocycles. The summed E-state index contributed by atoms with van der Waals surface area (Å²) in [4.78, 5) is 0. The molecular formula is C24H27BO3. The van der Waals surface area contributed by atoms with E-state index < -0.39 is 18.3 Å². The standard InChI is InChI=1S/C24H27BO3/c1-23(2,26)24(3,4)28-25(27)22-16-14-21(15-17-22)20-12-10-19(11-13-20)18-8-6-5-7-9-18/h5-17,26-27H,1-4H3. The zero-order valence-corrected chi connectivity index (χ0v) is 16.9. The van der Waals surface area contributed by atoms with Crippen LogP contribution in [-0.2, 0) is 4.65 Å². The molecule has 3 aromatic rings. The molecule has 0 saturated carbocycles. The Morgan fingerprint density at radius 1 is 0.643 bits per heavy atom. The second kappa shape index (κ2) is 7.92. The van der Waals surface area contributed by atoms with E-state index in [4.69, 9.17) is 4.65 Å². The van der Waals surface area contributed by atoms with Gasteiger partial charge in [-0.25, -0.2) is 0 Å². The highest BCUT2D eigenvalue weighted by atomic mass is 16.5. The van der Waals surface area contributed by atoms with Gasteiger partial charge < -0.3 is 14.8 Å². The van der Waals surface area contributed by atoms with Gasteiger partial charge in [-0.1, -0.05) is 78.9 Å². The minimum Gasteiger partial charge on any atom is -0.423 e. The van der Waals surface area contributed by atoms with Crippen molar-refractivity contribution in [2.75, 3.05) is 0 Å². The van der Waals surface area contributed by atoms with Crippen molar-refractivity contribution in [2.24, 2.45) is 0 Å². The fourth-order valence-electron chi connectivity index (χ4n) is 2.82. The molecule has 0 atom stereocenters. The van der Waals surface area contributed by atoms with Crippen LogP contribution in [0.3, 0.4) is 0 Å². The molecule has 3 rings (SSSR count). The lowest BCUT2D eigenvalue weighted by Crippen LogP contribution is -2.53. The smallest absolute Gasteiger partial charge is 0.423 e. The molecule has 0 aliphatic heterocycles. The molecule has 4 heteroatoms. The summed E-state index contributed by atoms with van der Waals surface area (Å²) < 4.78 is 5.70. The lowest BCUT2D eigenvalue weighted by Gasteiger charge is -2.38. The molecule has 2 N–H and O–H groups in total. The molecule has 0 spiro atoms. The molecule has 0 fully saturated rings. The normalized spacial score (nSPS) is 12.1. The van der Waals surface area contributed by atoms with Crippen LogP contribution in [0, 0.1) is 0 Å². The van der Waals surface area contributed by atoms with Gasteiger partial charge in [-0.2, -0.15) is 0 Å². The fraction of sp³-hybridized carbons (Fsp3) is 0.250. The second-order valence-corrected chi connectivity index (χ2v) is 8.10. The first-order chi connectivity index (χ1) is 13.2. The molecular weight excluding hydrogens is 347 g/mol. The summed E-state index contributed by atoms with van der Waals surface area (Å²) >= 11 is 0. The maximum Gasteiger partial charge on any atom is 0.491 e. The van der Waals surface area contributed by atoms with E-state index in [1.54, 1.807) is 27.7 Å². The first kappa shape index (κ1) is 20.3. The monoisotopic (exact) mass is 374 g/mol. The summed E-state index contributed by atoms with van der Waals surface area (Å²) in [5, 5.41) is 20.6. The molecule has 0 bridgehead atoms. The Balaban J connectivity index is 1.74. The molecule has 0 unspecified atom stereocenters. The number of hydrogen-bond acceptors (Lipinski definition) is 3. The van der Waals surface area contributed by atoms with Crippen molar-refractivity contribution in [3.8, 4) is 22.3 Å². The third kappa shape index (κ3) is 4.53. The predicted octanol–water partition coefficient (Wildman–Crippen LogP) is 4.27. The van der Waals surface area contributed by atoms with Crippen molar-refractivity contribution in [3.05, 3.63) is 78.9 Å². The van der Waals surface area contributed by atoms with Gasteiger partial charge in [0.05, 0.1) is 11.2 Å². The predicted molar refractivity (Wildman–Crippen MR) is 116 cm³/mol. The van der Waals surface area contributed by atoms with Gasteiger partial charge in [-0.15, -0.1) is 0 Å². The van der Waals surface area contributed by atoms with Crippen molar-refractivity contribution in [3.63, 3.8) is 0 Å². The minimum atomic E-state index is -1.10. The third-order valence-electron chi connectivity index (χ3n) is 5.40. The Bertz CT molecular complexity index is 895. The number of benzene rings is 3. The minimum absolute atomic E-state index is 0.655. The van der Waals surface area contributed by atoms with E-state index in [1.165, 1.54) is 11.1 Å². The second-order valence-electron chi connectivity index (χ2n) is 8.10. The summed E-state index contributed by atoms with van der Waals surface area (Å²) in [7, 11) is -1.10. The van der Waals surface area contributed by atoms with Crippen molar-refractivity contribution >= 4 is 12.6 Å². The first-order valence-corrected chi connectivity index (χ1v) is 9.51. The molecule has 0 aliphatic carbocycles. The lowest BCUT2D eigenvalue weighted by molar-refractivity contribution is -0.0982. The average molecular weight is 374 g/mol. The van der Waals surface area contributed by atoms with E-state index in [2.05, 4.69) is 36.4 Å². The van der Waals surface area contributed by atoms with Gasteiger partial charge in [0, 0.05) is 0 Å². The van der Waals surface area contributed by atoms with Crippen LogP contribution >= 0.6 is 0 Å². The van der Waals surface area contributed by atoms with Gasteiger partial charge in [0.1, 0.15) is 0 Å². The van der Waals surface area contributed by atoms with Gasteiger partial charge >= 0.3 is 7.12 Å². The highest BCUT2D eigenvalue weighted by molar-refractivity contribution is 6.60. The van der Waals surface area contributed by atoms with E-state index in [1.807, 2.05) is 42.5 Å². The molecule has 28 heavy (non-hydrogen) atoms. The highest BCUT2D eigenvalue weighted by Crippen LogP contribution is 2.26. The van der Waals surface area contributed by atoms with Crippen LogP contribution in [0.2, 0.25) is 0 Å². The highest BCUT2D eigenvalue weighted by Gasteiger charge is 2.39. The zero-order valence-electron chi connectivity index (χ0n) is 16.9. The topological polar surface area (TPSA) is 49.7 Å². The van der Waals surface area contributed by atoms with Gasteiger partial charge in [0.15, 0.2) is 0 Å². The van der Waals surface area contributed by atoms with Crippen LogP contribution in [0.5, 0.6) is 0 Å². The molecule has 0 saturated heterocycles. The summed E-state index contributed by atoms with van der Waals surface area (Å²) in [5.74, 6) is 0. The van der Waals surface area contributed by atoms with Gasteiger partial charge in [0.2, 0.25) is 0 Å². The van der Waals surface area contributed by atoms with Crippen LogP contribution in [0.4, 0.5) is 0 Å². The van der Waals surface area contributed by atoms with Crippen LogP contribution in [0.25, 0.3) is 22.3 Å². The fourth-order valence-corrected chi connectivity index (χ4v) is 2.82. The van der Waals surface area contributed by atoms with E-state index in [9.17, 15) is 10.1 Å². The van der Waals surface area contributed by atoms with Crippen molar-refractivity contribution < 1.29 is 14.8 Å². The zero-order chi connectivity index (χ0) is 20.4. The van der Waals surface area contributed by atoms with Crippen molar-refractivity contribution in [1.29, 1.82) is 0 Å². The SMILES string of the molecule is CC(C)(O)C(C)(C)OB(O)c1ccc(-c2ccc(-c3ccccc3)cc2)cc1.